The van der Waals surface area contributed by atoms with Gasteiger partial charge in [-0.3, -0.25) is 4.79 Å². The smallest absolute Gasteiger partial charge is 0.220 e. The molecule has 25 heavy (non-hydrogen) atoms. The van der Waals surface area contributed by atoms with Gasteiger partial charge in [-0.2, -0.15) is 0 Å². The first-order chi connectivity index (χ1) is 12.2. The van der Waals surface area contributed by atoms with E-state index in [1.165, 1.54) is 12.1 Å². The van der Waals surface area contributed by atoms with Crippen molar-refractivity contribution in [1.29, 1.82) is 0 Å². The number of rotatable bonds is 6. The van der Waals surface area contributed by atoms with Crippen LogP contribution in [-0.4, -0.2) is 33.8 Å². The van der Waals surface area contributed by atoms with Crippen molar-refractivity contribution in [2.45, 2.75) is 51.3 Å². The molecule has 1 aromatic carbocycles. The highest BCUT2D eigenvalue weighted by atomic mass is 19.1. The van der Waals surface area contributed by atoms with Gasteiger partial charge in [-0.15, -0.1) is 10.2 Å². The van der Waals surface area contributed by atoms with Crippen LogP contribution in [0.5, 0.6) is 0 Å². The van der Waals surface area contributed by atoms with Crippen molar-refractivity contribution in [2.24, 2.45) is 0 Å². The Hall–Kier alpha value is -2.28. The molecule has 3 rings (SSSR count). The summed E-state index contributed by atoms with van der Waals surface area (Å²) >= 11 is 0. The molecule has 6 nitrogen and oxygen atoms in total. The summed E-state index contributed by atoms with van der Waals surface area (Å²) in [5, 5.41) is 11.5. The summed E-state index contributed by atoms with van der Waals surface area (Å²) in [5.74, 6) is 1.51. The molecule has 2 heterocycles. The second-order valence-electron chi connectivity index (χ2n) is 6.34. The lowest BCUT2D eigenvalue weighted by Gasteiger charge is -2.16. The first-order valence-electron chi connectivity index (χ1n) is 8.59. The Kier molecular flexibility index (Phi) is 5.75. The third-order valence-corrected chi connectivity index (χ3v) is 4.49. The van der Waals surface area contributed by atoms with Crippen LogP contribution in [0.1, 0.15) is 36.5 Å². The molecule has 0 saturated heterocycles. The van der Waals surface area contributed by atoms with Crippen molar-refractivity contribution >= 4 is 5.91 Å². The van der Waals surface area contributed by atoms with Gasteiger partial charge in [0.2, 0.25) is 5.91 Å². The first kappa shape index (κ1) is 17.5. The van der Waals surface area contributed by atoms with Crippen molar-refractivity contribution in [2.75, 3.05) is 7.11 Å². The molecule has 1 aliphatic rings. The largest absolute Gasteiger partial charge is 0.377 e. The van der Waals surface area contributed by atoms with Gasteiger partial charge in [-0.25, -0.2) is 4.39 Å². The second-order valence-corrected chi connectivity index (χ2v) is 6.34. The van der Waals surface area contributed by atoms with Crippen LogP contribution in [0.15, 0.2) is 24.3 Å². The Morgan fingerprint density at radius 1 is 1.40 bits per heavy atom. The number of ether oxygens (including phenoxy) is 1. The number of carbonyl (C=O) groups is 1. The molecule has 1 aliphatic heterocycles. The number of benzene rings is 1. The van der Waals surface area contributed by atoms with Crippen LogP contribution < -0.4 is 5.32 Å². The van der Waals surface area contributed by atoms with E-state index in [0.29, 0.717) is 19.4 Å². The average Bonchev–Trinajstić information content (AvgIpc) is 2.86. The molecule has 0 aliphatic carbocycles. The van der Waals surface area contributed by atoms with Crippen LogP contribution in [-0.2, 0) is 35.5 Å². The maximum absolute atomic E-state index is 13.2. The van der Waals surface area contributed by atoms with Crippen LogP contribution in [0, 0.1) is 5.82 Å². The van der Waals surface area contributed by atoms with E-state index in [1.807, 2.05) is 6.07 Å². The van der Waals surface area contributed by atoms with Gasteiger partial charge >= 0.3 is 0 Å². The van der Waals surface area contributed by atoms with Gasteiger partial charge in [-0.05, 0) is 37.0 Å². The fourth-order valence-electron chi connectivity index (χ4n) is 3.18. The maximum Gasteiger partial charge on any atom is 0.220 e. The second kappa shape index (κ2) is 8.20. The van der Waals surface area contributed by atoms with E-state index >= 15 is 0 Å². The van der Waals surface area contributed by atoms with Gasteiger partial charge in [0.05, 0.1) is 0 Å². The van der Waals surface area contributed by atoms with Crippen LogP contribution in [0.3, 0.4) is 0 Å². The van der Waals surface area contributed by atoms with Crippen molar-refractivity contribution < 1.29 is 13.9 Å². The van der Waals surface area contributed by atoms with Crippen LogP contribution in [0.2, 0.25) is 0 Å². The van der Waals surface area contributed by atoms with Crippen molar-refractivity contribution in [3.8, 4) is 0 Å². The molecule has 0 bridgehead atoms. The Balaban J connectivity index is 1.49. The minimum Gasteiger partial charge on any atom is -0.377 e. The van der Waals surface area contributed by atoms with Crippen molar-refractivity contribution in [3.63, 3.8) is 0 Å². The fourth-order valence-corrected chi connectivity index (χ4v) is 3.18. The zero-order valence-corrected chi connectivity index (χ0v) is 14.4. The Morgan fingerprint density at radius 2 is 2.28 bits per heavy atom. The Morgan fingerprint density at radius 3 is 3.08 bits per heavy atom. The lowest BCUT2D eigenvalue weighted by atomic mass is 10.1. The summed E-state index contributed by atoms with van der Waals surface area (Å²) < 4.78 is 20.4. The predicted molar refractivity (Wildman–Crippen MR) is 90.3 cm³/mol. The molecule has 0 saturated carbocycles. The number of amides is 1. The van der Waals surface area contributed by atoms with E-state index in [1.54, 1.807) is 13.2 Å². The molecule has 0 spiro atoms. The van der Waals surface area contributed by atoms with Gasteiger partial charge in [-0.1, -0.05) is 12.1 Å². The molecular weight excluding hydrogens is 323 g/mol. The van der Waals surface area contributed by atoms with E-state index in [0.717, 1.165) is 43.0 Å². The average molecular weight is 346 g/mol. The number of aromatic nitrogens is 3. The van der Waals surface area contributed by atoms with E-state index in [4.69, 9.17) is 4.74 Å². The van der Waals surface area contributed by atoms with Gasteiger partial charge in [0.25, 0.3) is 0 Å². The lowest BCUT2D eigenvalue weighted by Crippen LogP contribution is -2.35. The maximum atomic E-state index is 13.2. The summed E-state index contributed by atoms with van der Waals surface area (Å²) in [6.45, 7) is 1.22. The van der Waals surface area contributed by atoms with Gasteiger partial charge in [0, 0.05) is 32.5 Å². The first-order valence-corrected chi connectivity index (χ1v) is 8.59. The molecule has 134 valence electrons. The van der Waals surface area contributed by atoms with Crippen LogP contribution >= 0.6 is 0 Å². The van der Waals surface area contributed by atoms with Gasteiger partial charge in [0.15, 0.2) is 5.82 Å². The third-order valence-electron chi connectivity index (χ3n) is 4.49. The number of halogens is 1. The van der Waals surface area contributed by atoms with Crippen molar-refractivity contribution in [1.82, 2.24) is 20.1 Å². The molecule has 0 fully saturated rings. The molecule has 1 N–H and O–H groups in total. The third kappa shape index (κ3) is 4.63. The number of nitrogens with one attached hydrogen (secondary N) is 1. The van der Waals surface area contributed by atoms with Gasteiger partial charge < -0.3 is 14.6 Å². The number of fused-ring (bicyclic) bond motifs is 1. The molecule has 1 aromatic heterocycles. The SMILES string of the molecule is COCc1nnc2n1CCC(NC(=O)CCc1cccc(F)c1)CC2. The molecule has 1 atom stereocenters. The summed E-state index contributed by atoms with van der Waals surface area (Å²) in [7, 11) is 1.64. The zero-order chi connectivity index (χ0) is 17.6. The molecule has 7 heteroatoms. The van der Waals surface area contributed by atoms with E-state index in [9.17, 15) is 9.18 Å². The molecule has 0 radical (unpaired) electrons. The number of carbonyl (C=O) groups excluding carboxylic acids is 1. The minimum atomic E-state index is -0.267. The van der Waals surface area contributed by atoms with E-state index in [-0.39, 0.29) is 17.8 Å². The van der Waals surface area contributed by atoms with E-state index in [2.05, 4.69) is 20.1 Å². The number of methoxy groups -OCH3 is 1. The molecule has 2 aromatic rings. The number of aryl methyl sites for hydroxylation is 2. The monoisotopic (exact) mass is 346 g/mol. The van der Waals surface area contributed by atoms with Crippen molar-refractivity contribution in [3.05, 3.63) is 47.3 Å². The predicted octanol–water partition coefficient (Wildman–Crippen LogP) is 2.02. The standard InChI is InChI=1S/C18H23FN4O2/c1-25-12-17-22-21-16-7-6-15(9-10-23(16)17)20-18(24)8-5-13-3-2-4-14(19)11-13/h2-4,11,15H,5-10,12H2,1H3,(H,20,24). The summed E-state index contributed by atoms with van der Waals surface area (Å²) in [4.78, 5) is 12.2. The van der Waals surface area contributed by atoms with Crippen LogP contribution in [0.25, 0.3) is 0 Å². The summed E-state index contributed by atoms with van der Waals surface area (Å²) in [5.41, 5.74) is 0.839. The summed E-state index contributed by atoms with van der Waals surface area (Å²) in [6, 6.07) is 6.51. The number of nitrogens with zero attached hydrogens (tertiary/aromatic N) is 3. The Bertz CT molecular complexity index is 732. The highest BCUT2D eigenvalue weighted by Gasteiger charge is 2.21. The van der Waals surface area contributed by atoms with Crippen LogP contribution in [0.4, 0.5) is 4.39 Å². The minimum absolute atomic E-state index is 0.00374. The highest BCUT2D eigenvalue weighted by Crippen LogP contribution is 2.16. The summed E-state index contributed by atoms with van der Waals surface area (Å²) in [6.07, 6.45) is 3.37. The Labute approximate surface area is 146 Å². The normalized spacial score (nSPS) is 17.0. The number of hydrogen-bond acceptors (Lipinski definition) is 4. The zero-order valence-electron chi connectivity index (χ0n) is 14.4. The highest BCUT2D eigenvalue weighted by molar-refractivity contribution is 5.76. The molecule has 1 amide bonds. The van der Waals surface area contributed by atoms with Gasteiger partial charge in [0.1, 0.15) is 18.2 Å². The molecular formula is C18H23FN4O2. The quantitative estimate of drug-likeness (QED) is 0.869. The fraction of sp³-hybridized carbons (Fsp3) is 0.500. The topological polar surface area (TPSA) is 69.0 Å². The number of hydrogen-bond donors (Lipinski definition) is 1. The molecule has 1 unspecified atom stereocenters. The van der Waals surface area contributed by atoms with E-state index < -0.39 is 0 Å². The lowest BCUT2D eigenvalue weighted by molar-refractivity contribution is -0.121.